The van der Waals surface area contributed by atoms with E-state index in [1.54, 1.807) is 30.6 Å². The molecule has 0 aliphatic carbocycles. The summed E-state index contributed by atoms with van der Waals surface area (Å²) in [4.78, 5) is 30.0. The normalized spacial score (nSPS) is 13.5. The molecule has 0 saturated carbocycles. The largest absolute Gasteiger partial charge is 0.493 e. The Bertz CT molecular complexity index is 845. The number of allylic oxidation sites excluding steroid dienone is 2. The van der Waals surface area contributed by atoms with E-state index in [2.05, 4.69) is 35.4 Å². The van der Waals surface area contributed by atoms with Crippen LogP contribution in [0.25, 0.3) is 0 Å². The fourth-order valence-electron chi connectivity index (χ4n) is 2.66. The van der Waals surface area contributed by atoms with Crippen molar-refractivity contribution in [2.45, 2.75) is 53.5 Å². The van der Waals surface area contributed by atoms with Gasteiger partial charge in [-0.05, 0) is 43.9 Å². The second-order valence-corrected chi connectivity index (χ2v) is 6.62. The van der Waals surface area contributed by atoms with Gasteiger partial charge >= 0.3 is 6.09 Å². The first kappa shape index (κ1) is 25.7. The predicted molar refractivity (Wildman–Crippen MR) is 122 cm³/mol. The highest BCUT2D eigenvalue weighted by Crippen LogP contribution is 2.38. The Labute approximate surface area is 185 Å². The van der Waals surface area contributed by atoms with E-state index in [0.717, 1.165) is 35.6 Å². The highest BCUT2D eigenvalue weighted by Gasteiger charge is 2.21. The molecule has 1 aliphatic heterocycles. The number of nitrogens with one attached hydrogen (secondary N) is 1. The Morgan fingerprint density at radius 3 is 2.55 bits per heavy atom. The second kappa shape index (κ2) is 13.8. The maximum absolute atomic E-state index is 11.8. The van der Waals surface area contributed by atoms with Crippen molar-refractivity contribution in [3.8, 4) is 11.5 Å². The van der Waals surface area contributed by atoms with Gasteiger partial charge in [0.15, 0.2) is 5.75 Å². The summed E-state index contributed by atoms with van der Waals surface area (Å²) in [7, 11) is 0. The minimum atomic E-state index is -0.693. The quantitative estimate of drug-likeness (QED) is 0.381. The van der Waals surface area contributed by atoms with Crippen molar-refractivity contribution in [1.82, 2.24) is 15.3 Å². The number of rotatable bonds is 5. The van der Waals surface area contributed by atoms with Gasteiger partial charge in [-0.15, -0.1) is 0 Å². The zero-order valence-corrected chi connectivity index (χ0v) is 19.1. The molecule has 3 rings (SSSR count). The van der Waals surface area contributed by atoms with E-state index in [4.69, 9.17) is 14.5 Å². The van der Waals surface area contributed by atoms with Crippen molar-refractivity contribution in [2.24, 2.45) is 0 Å². The SMILES string of the molecule is C=CC=C.CC.Cc1cnc(CNC(=O)OOc2cc(C)c3c(c2)C(C)CCO3)cn1. The van der Waals surface area contributed by atoms with E-state index < -0.39 is 6.09 Å². The number of carbonyl (C=O) groups is 1. The molecule has 0 fully saturated rings. The fraction of sp³-hybridized carbons (Fsp3) is 0.375. The van der Waals surface area contributed by atoms with Crippen LogP contribution in [0.15, 0.2) is 49.8 Å². The molecule has 1 aromatic heterocycles. The van der Waals surface area contributed by atoms with Crippen LogP contribution < -0.4 is 14.9 Å². The minimum Gasteiger partial charge on any atom is -0.493 e. The van der Waals surface area contributed by atoms with Gasteiger partial charge in [-0.3, -0.25) is 14.9 Å². The standard InChI is InChI=1S/C18H21N3O4.C4H6.C2H6/c1-11-4-5-23-17-12(2)6-15(7-16(11)17)24-25-18(22)21-10-14-9-19-13(3)8-20-14;1-3-4-2;1-2/h6-9,11H,4-5,10H2,1-3H3,(H,21,22);3-4H,1-2H2;1-2H3. The van der Waals surface area contributed by atoms with E-state index in [9.17, 15) is 4.79 Å². The van der Waals surface area contributed by atoms with Crippen LogP contribution >= 0.6 is 0 Å². The van der Waals surface area contributed by atoms with Gasteiger partial charge in [-0.25, -0.2) is 9.68 Å². The van der Waals surface area contributed by atoms with Crippen LogP contribution in [0, 0.1) is 13.8 Å². The molecule has 31 heavy (non-hydrogen) atoms. The molecular weight excluding hydrogens is 394 g/mol. The summed E-state index contributed by atoms with van der Waals surface area (Å²) in [5.41, 5.74) is 3.48. The second-order valence-electron chi connectivity index (χ2n) is 6.62. The van der Waals surface area contributed by atoms with E-state index in [1.807, 2.05) is 33.8 Å². The molecule has 1 unspecified atom stereocenters. The zero-order valence-electron chi connectivity index (χ0n) is 19.1. The monoisotopic (exact) mass is 427 g/mol. The third-order valence-corrected chi connectivity index (χ3v) is 4.23. The van der Waals surface area contributed by atoms with Gasteiger partial charge in [0.25, 0.3) is 0 Å². The number of hydrogen-bond donors (Lipinski definition) is 1. The number of nitrogens with zero attached hydrogens (tertiary/aromatic N) is 2. The summed E-state index contributed by atoms with van der Waals surface area (Å²) in [6.45, 7) is 17.6. The number of benzene rings is 1. The van der Waals surface area contributed by atoms with Crippen molar-refractivity contribution in [2.75, 3.05) is 6.61 Å². The van der Waals surface area contributed by atoms with Gasteiger partial charge in [0, 0.05) is 11.8 Å². The third kappa shape index (κ3) is 8.50. The summed E-state index contributed by atoms with van der Waals surface area (Å²) in [6, 6.07) is 3.64. The first-order valence-electron chi connectivity index (χ1n) is 10.3. The van der Waals surface area contributed by atoms with Crippen molar-refractivity contribution < 1.29 is 19.3 Å². The summed E-state index contributed by atoms with van der Waals surface area (Å²) in [6.07, 6.45) is 6.78. The number of aromatic nitrogens is 2. The molecule has 1 atom stereocenters. The first-order valence-corrected chi connectivity index (χ1v) is 10.3. The number of aryl methyl sites for hydroxylation is 2. The average molecular weight is 428 g/mol. The summed E-state index contributed by atoms with van der Waals surface area (Å²) < 4.78 is 5.71. The number of amides is 1. The number of carbonyl (C=O) groups excluding carboxylic acids is 1. The van der Waals surface area contributed by atoms with Gasteiger partial charge in [0.2, 0.25) is 0 Å². The van der Waals surface area contributed by atoms with Crippen LogP contribution in [0.5, 0.6) is 11.5 Å². The Balaban J connectivity index is 0.000000720. The topological polar surface area (TPSA) is 82.6 Å². The molecule has 1 N–H and O–H groups in total. The minimum absolute atomic E-state index is 0.212. The van der Waals surface area contributed by atoms with Gasteiger partial charge in [-0.1, -0.05) is 46.1 Å². The fourth-order valence-corrected chi connectivity index (χ4v) is 2.66. The predicted octanol–water partition coefficient (Wildman–Crippen LogP) is 5.58. The molecule has 168 valence electrons. The van der Waals surface area contributed by atoms with Gasteiger partial charge in [-0.2, -0.15) is 0 Å². The maximum Gasteiger partial charge on any atom is 0.450 e. The molecule has 7 heteroatoms. The lowest BCUT2D eigenvalue weighted by Gasteiger charge is -2.25. The maximum atomic E-state index is 11.8. The van der Waals surface area contributed by atoms with E-state index in [1.165, 1.54) is 0 Å². The number of fused-ring (bicyclic) bond motifs is 1. The third-order valence-electron chi connectivity index (χ3n) is 4.23. The van der Waals surface area contributed by atoms with Crippen LogP contribution in [0.3, 0.4) is 0 Å². The molecule has 0 bridgehead atoms. The van der Waals surface area contributed by atoms with Gasteiger partial charge in [0.1, 0.15) is 5.75 Å². The van der Waals surface area contributed by atoms with Gasteiger partial charge in [0.05, 0.1) is 30.7 Å². The van der Waals surface area contributed by atoms with Crippen molar-refractivity contribution in [3.63, 3.8) is 0 Å². The molecule has 0 saturated heterocycles. The Morgan fingerprint density at radius 1 is 1.23 bits per heavy atom. The Kier molecular flexibility index (Phi) is 11.4. The molecule has 2 aromatic rings. The smallest absolute Gasteiger partial charge is 0.450 e. The van der Waals surface area contributed by atoms with E-state index in [0.29, 0.717) is 17.4 Å². The van der Waals surface area contributed by atoms with Crippen LogP contribution in [-0.2, 0) is 11.4 Å². The van der Waals surface area contributed by atoms with Crippen LogP contribution in [0.2, 0.25) is 0 Å². The molecule has 7 nitrogen and oxygen atoms in total. The van der Waals surface area contributed by atoms with E-state index in [-0.39, 0.29) is 6.54 Å². The van der Waals surface area contributed by atoms with Crippen LogP contribution in [0.1, 0.15) is 55.6 Å². The number of hydrogen-bond acceptors (Lipinski definition) is 6. The lowest BCUT2D eigenvalue weighted by atomic mass is 9.93. The molecule has 2 heterocycles. The van der Waals surface area contributed by atoms with Gasteiger partial charge < -0.3 is 10.1 Å². The number of ether oxygens (including phenoxy) is 1. The zero-order chi connectivity index (χ0) is 23.2. The molecule has 0 radical (unpaired) electrons. The Morgan fingerprint density at radius 2 is 1.94 bits per heavy atom. The Hall–Kier alpha value is -3.35. The molecule has 1 aromatic carbocycles. The summed E-state index contributed by atoms with van der Waals surface area (Å²) in [5, 5.41) is 2.56. The molecule has 1 amide bonds. The lowest BCUT2D eigenvalue weighted by Crippen LogP contribution is -2.25. The van der Waals surface area contributed by atoms with Crippen molar-refractivity contribution >= 4 is 6.09 Å². The van der Waals surface area contributed by atoms with Crippen LogP contribution in [-0.4, -0.2) is 22.7 Å². The summed E-state index contributed by atoms with van der Waals surface area (Å²) in [5.74, 6) is 1.74. The van der Waals surface area contributed by atoms with Crippen molar-refractivity contribution in [1.29, 1.82) is 0 Å². The van der Waals surface area contributed by atoms with Crippen LogP contribution in [0.4, 0.5) is 4.79 Å². The van der Waals surface area contributed by atoms with Crippen molar-refractivity contribution in [3.05, 3.63) is 72.4 Å². The molecule has 0 spiro atoms. The molecule has 1 aliphatic rings. The summed E-state index contributed by atoms with van der Waals surface area (Å²) >= 11 is 0. The highest BCUT2D eigenvalue weighted by atomic mass is 17.2. The first-order chi connectivity index (χ1) is 14.9. The highest BCUT2D eigenvalue weighted by molar-refractivity contribution is 5.66. The van der Waals surface area contributed by atoms with E-state index >= 15 is 0 Å². The lowest BCUT2D eigenvalue weighted by molar-refractivity contribution is -0.142. The average Bonchev–Trinajstić information content (AvgIpc) is 2.79. The molecular formula is C24H33N3O4.